The van der Waals surface area contributed by atoms with Gasteiger partial charge in [-0.15, -0.1) is 11.3 Å². The van der Waals surface area contributed by atoms with Crippen molar-refractivity contribution in [3.8, 4) is 17.9 Å². The molecule has 3 heterocycles. The minimum Gasteiger partial charge on any atom is -0.465 e. The van der Waals surface area contributed by atoms with Crippen LogP contribution in [0.3, 0.4) is 0 Å². The van der Waals surface area contributed by atoms with Gasteiger partial charge in [-0.25, -0.2) is 4.79 Å². The average molecular weight is 433 g/mol. The van der Waals surface area contributed by atoms with Crippen LogP contribution in [0.15, 0.2) is 40.5 Å². The number of methoxy groups -OCH3 is 1. The molecule has 2 aromatic heterocycles. The molecule has 0 radical (unpaired) electrons. The molecule has 1 unspecified atom stereocenters. The van der Waals surface area contributed by atoms with Crippen molar-refractivity contribution in [2.45, 2.75) is 5.92 Å². The standard InChI is InChI=1S/C21H15N5O4S/c1-25-20-12(8-23)15-17(31-20)16-14(19(27)26-15)13(11(7-22)18(24)30-16)9-3-5-10(6-4-9)21(28)29-2/h3-6,13,25H,24H2,1-2H3,(H,26,27). The molecule has 0 spiro atoms. The van der Waals surface area contributed by atoms with Crippen molar-refractivity contribution in [2.75, 3.05) is 19.5 Å². The van der Waals surface area contributed by atoms with Crippen LogP contribution in [0.1, 0.15) is 33.0 Å². The number of nitrogens with two attached hydrogens (primary N) is 1. The predicted molar refractivity (Wildman–Crippen MR) is 114 cm³/mol. The second kappa shape index (κ2) is 7.52. The van der Waals surface area contributed by atoms with E-state index in [1.165, 1.54) is 18.4 Å². The molecule has 1 aromatic carbocycles. The van der Waals surface area contributed by atoms with E-state index in [1.54, 1.807) is 31.3 Å². The molecule has 0 aliphatic carbocycles. The van der Waals surface area contributed by atoms with E-state index in [-0.39, 0.29) is 22.8 Å². The fourth-order valence-corrected chi connectivity index (χ4v) is 4.65. The summed E-state index contributed by atoms with van der Waals surface area (Å²) in [6, 6.07) is 10.5. The number of aromatic nitrogens is 1. The molecule has 154 valence electrons. The number of carbonyl (C=O) groups is 1. The first-order valence-corrected chi connectivity index (χ1v) is 9.83. The molecule has 31 heavy (non-hydrogen) atoms. The van der Waals surface area contributed by atoms with Gasteiger partial charge in [0.05, 0.1) is 34.4 Å². The van der Waals surface area contributed by atoms with Crippen LogP contribution >= 0.6 is 11.3 Å². The molecule has 0 amide bonds. The molecule has 4 rings (SSSR count). The number of hydrogen-bond donors (Lipinski definition) is 3. The average Bonchev–Trinajstić information content (AvgIpc) is 3.15. The summed E-state index contributed by atoms with van der Waals surface area (Å²) in [6.45, 7) is 0. The number of hydrogen-bond acceptors (Lipinski definition) is 9. The van der Waals surface area contributed by atoms with E-state index in [1.807, 2.05) is 6.07 Å². The van der Waals surface area contributed by atoms with Crippen LogP contribution in [0.2, 0.25) is 0 Å². The molecular weight excluding hydrogens is 418 g/mol. The lowest BCUT2D eigenvalue weighted by Gasteiger charge is -2.26. The topological polar surface area (TPSA) is 154 Å². The SMILES string of the molecule is CNc1sc2c3c(c(=O)[nH]c2c1C#N)C(c1ccc(C(=O)OC)cc1)C(C#N)=C(N)O3. The van der Waals surface area contributed by atoms with E-state index >= 15 is 0 Å². The Labute approximate surface area is 179 Å². The van der Waals surface area contributed by atoms with Crippen molar-refractivity contribution in [1.82, 2.24) is 4.98 Å². The van der Waals surface area contributed by atoms with Gasteiger partial charge in [0.1, 0.15) is 28.3 Å². The Balaban J connectivity index is 2.00. The van der Waals surface area contributed by atoms with Crippen LogP contribution in [0.4, 0.5) is 5.00 Å². The van der Waals surface area contributed by atoms with Crippen LogP contribution in [0.5, 0.6) is 5.75 Å². The van der Waals surface area contributed by atoms with Gasteiger partial charge >= 0.3 is 5.97 Å². The second-order valence-electron chi connectivity index (χ2n) is 6.61. The number of rotatable bonds is 3. The molecule has 1 atom stereocenters. The summed E-state index contributed by atoms with van der Waals surface area (Å²) in [5, 5.41) is 22.8. The molecule has 3 aromatic rings. The zero-order valence-corrected chi connectivity index (χ0v) is 17.2. The highest BCUT2D eigenvalue weighted by atomic mass is 32.1. The van der Waals surface area contributed by atoms with Gasteiger partial charge in [-0.1, -0.05) is 12.1 Å². The number of anilines is 1. The van der Waals surface area contributed by atoms with Crippen molar-refractivity contribution < 1.29 is 14.3 Å². The summed E-state index contributed by atoms with van der Waals surface area (Å²) in [6.07, 6.45) is 0. The number of aromatic amines is 1. The van der Waals surface area contributed by atoms with Gasteiger partial charge in [-0.05, 0) is 17.7 Å². The van der Waals surface area contributed by atoms with Crippen molar-refractivity contribution in [2.24, 2.45) is 5.73 Å². The Morgan fingerprint density at radius 2 is 2.00 bits per heavy atom. The molecule has 0 saturated carbocycles. The molecular formula is C21H15N5O4S. The Bertz CT molecular complexity index is 1400. The summed E-state index contributed by atoms with van der Waals surface area (Å²) in [7, 11) is 2.95. The molecule has 0 bridgehead atoms. The quantitative estimate of drug-likeness (QED) is 0.532. The van der Waals surface area contributed by atoms with Gasteiger partial charge in [0, 0.05) is 7.05 Å². The van der Waals surface area contributed by atoms with Gasteiger partial charge < -0.3 is 25.5 Å². The zero-order chi connectivity index (χ0) is 22.3. The number of allylic oxidation sites excluding steroid dienone is 1. The number of H-pyrrole nitrogens is 1. The highest BCUT2D eigenvalue weighted by molar-refractivity contribution is 7.23. The van der Waals surface area contributed by atoms with E-state index in [0.29, 0.717) is 31.9 Å². The highest BCUT2D eigenvalue weighted by Gasteiger charge is 2.36. The van der Waals surface area contributed by atoms with Crippen molar-refractivity contribution in [3.63, 3.8) is 0 Å². The number of thiophene rings is 1. The second-order valence-corrected chi connectivity index (χ2v) is 7.63. The normalized spacial score (nSPS) is 14.9. The number of benzene rings is 1. The van der Waals surface area contributed by atoms with Crippen molar-refractivity contribution in [3.05, 3.63) is 68.3 Å². The largest absolute Gasteiger partial charge is 0.465 e. The first-order chi connectivity index (χ1) is 14.9. The molecule has 0 fully saturated rings. The van der Waals surface area contributed by atoms with Crippen LogP contribution in [-0.4, -0.2) is 25.1 Å². The maximum atomic E-state index is 13.1. The molecule has 4 N–H and O–H groups in total. The monoisotopic (exact) mass is 433 g/mol. The Kier molecular flexibility index (Phi) is 4.85. The molecule has 1 aliphatic rings. The van der Waals surface area contributed by atoms with Gasteiger partial charge in [0.15, 0.2) is 5.75 Å². The van der Waals surface area contributed by atoms with E-state index in [9.17, 15) is 20.1 Å². The van der Waals surface area contributed by atoms with Crippen LogP contribution in [0, 0.1) is 22.7 Å². The first kappa shape index (κ1) is 20.0. The molecule has 9 nitrogen and oxygen atoms in total. The third kappa shape index (κ3) is 2.98. The highest BCUT2D eigenvalue weighted by Crippen LogP contribution is 2.47. The summed E-state index contributed by atoms with van der Waals surface area (Å²) in [4.78, 5) is 27.6. The van der Waals surface area contributed by atoms with Crippen LogP contribution in [-0.2, 0) is 4.74 Å². The number of nitriles is 2. The lowest BCUT2D eigenvalue weighted by Crippen LogP contribution is -2.27. The third-order valence-electron chi connectivity index (χ3n) is 5.02. The first-order valence-electron chi connectivity index (χ1n) is 9.01. The number of ether oxygens (including phenoxy) is 2. The number of nitrogens with zero attached hydrogens (tertiary/aromatic N) is 2. The van der Waals surface area contributed by atoms with Crippen molar-refractivity contribution in [1.29, 1.82) is 10.5 Å². The summed E-state index contributed by atoms with van der Waals surface area (Å²) in [5.74, 6) is -1.22. The Hall–Kier alpha value is -4.28. The number of carbonyl (C=O) groups excluding carboxylic acids is 1. The maximum absolute atomic E-state index is 13.1. The number of fused-ring (bicyclic) bond motifs is 3. The Morgan fingerprint density at radius 3 is 2.58 bits per heavy atom. The smallest absolute Gasteiger partial charge is 0.337 e. The molecule has 0 saturated heterocycles. The van der Waals surface area contributed by atoms with E-state index in [4.69, 9.17) is 15.2 Å². The van der Waals surface area contributed by atoms with Crippen LogP contribution in [0.25, 0.3) is 10.2 Å². The summed E-state index contributed by atoms with van der Waals surface area (Å²) >= 11 is 1.24. The van der Waals surface area contributed by atoms with Gasteiger partial charge in [-0.3, -0.25) is 4.79 Å². The minimum atomic E-state index is -0.806. The van der Waals surface area contributed by atoms with Crippen molar-refractivity contribution >= 4 is 32.5 Å². The minimum absolute atomic E-state index is 0.0778. The van der Waals surface area contributed by atoms with E-state index < -0.39 is 17.4 Å². The van der Waals surface area contributed by atoms with E-state index in [2.05, 4.69) is 16.4 Å². The predicted octanol–water partition coefficient (Wildman–Crippen LogP) is 2.51. The molecule has 1 aliphatic heterocycles. The summed E-state index contributed by atoms with van der Waals surface area (Å²) < 4.78 is 11.0. The van der Waals surface area contributed by atoms with Gasteiger partial charge in [0.25, 0.3) is 5.56 Å². The lowest BCUT2D eigenvalue weighted by atomic mass is 9.84. The van der Waals surface area contributed by atoms with Gasteiger partial charge in [0.2, 0.25) is 5.88 Å². The summed E-state index contributed by atoms with van der Waals surface area (Å²) in [5.41, 5.74) is 7.38. The van der Waals surface area contributed by atoms with Gasteiger partial charge in [-0.2, -0.15) is 10.5 Å². The lowest BCUT2D eigenvalue weighted by molar-refractivity contribution is 0.0600. The molecule has 10 heteroatoms. The zero-order valence-electron chi connectivity index (χ0n) is 16.4. The number of nitrogens with one attached hydrogen (secondary N) is 2. The number of pyridine rings is 1. The van der Waals surface area contributed by atoms with Crippen LogP contribution < -0.4 is 21.3 Å². The fraction of sp³-hybridized carbons (Fsp3) is 0.143. The van der Waals surface area contributed by atoms with E-state index in [0.717, 1.165) is 0 Å². The fourth-order valence-electron chi connectivity index (χ4n) is 3.60. The third-order valence-corrected chi connectivity index (χ3v) is 6.23. The number of esters is 1. The maximum Gasteiger partial charge on any atom is 0.337 e. The Morgan fingerprint density at radius 1 is 1.29 bits per heavy atom.